The van der Waals surface area contributed by atoms with Crippen LogP contribution in [-0.2, 0) is 4.79 Å². The summed E-state index contributed by atoms with van der Waals surface area (Å²) in [6, 6.07) is 6.33. The zero-order valence-corrected chi connectivity index (χ0v) is 11.1. The van der Waals surface area contributed by atoms with E-state index in [1.165, 1.54) is 12.1 Å². The van der Waals surface area contributed by atoms with Gasteiger partial charge in [0.05, 0.1) is 5.54 Å². The van der Waals surface area contributed by atoms with Crippen molar-refractivity contribution in [3.05, 3.63) is 35.6 Å². The second-order valence-electron chi connectivity index (χ2n) is 4.82. The van der Waals surface area contributed by atoms with Crippen LogP contribution in [0.4, 0.5) is 4.39 Å². The van der Waals surface area contributed by atoms with Crippen molar-refractivity contribution in [3.63, 3.8) is 0 Å². The van der Waals surface area contributed by atoms with Gasteiger partial charge in [0.15, 0.2) is 0 Å². The summed E-state index contributed by atoms with van der Waals surface area (Å²) in [6.45, 7) is 2.52. The molecule has 1 saturated carbocycles. The normalized spacial score (nSPS) is 17.5. The van der Waals surface area contributed by atoms with Crippen LogP contribution in [0.1, 0.15) is 31.2 Å². The van der Waals surface area contributed by atoms with E-state index in [2.05, 4.69) is 5.32 Å². The molecular formula is C13H18ClFN2O. The number of hydrogen-bond acceptors (Lipinski definition) is 2. The summed E-state index contributed by atoms with van der Waals surface area (Å²) in [4.78, 5) is 11.6. The molecule has 1 amide bonds. The summed E-state index contributed by atoms with van der Waals surface area (Å²) in [5, 5.41) is 2.84. The van der Waals surface area contributed by atoms with E-state index < -0.39 is 5.54 Å². The Labute approximate surface area is 112 Å². The Morgan fingerprint density at radius 1 is 1.44 bits per heavy atom. The summed E-state index contributed by atoms with van der Waals surface area (Å²) in [7, 11) is 0. The second-order valence-corrected chi connectivity index (χ2v) is 4.82. The van der Waals surface area contributed by atoms with Gasteiger partial charge < -0.3 is 11.1 Å². The number of hydrogen-bond donors (Lipinski definition) is 2. The van der Waals surface area contributed by atoms with Crippen molar-refractivity contribution < 1.29 is 9.18 Å². The van der Waals surface area contributed by atoms with Gasteiger partial charge in [-0.25, -0.2) is 4.39 Å². The summed E-state index contributed by atoms with van der Waals surface area (Å²) < 4.78 is 12.7. The van der Waals surface area contributed by atoms with E-state index in [4.69, 9.17) is 5.73 Å². The average Bonchev–Trinajstić information content (AvgIpc) is 3.06. The van der Waals surface area contributed by atoms with E-state index >= 15 is 0 Å². The third-order valence-corrected chi connectivity index (χ3v) is 3.25. The SMILES string of the molecule is CC(CNC(=O)C1(N)CC1)c1ccc(F)cc1.Cl. The molecule has 0 heterocycles. The van der Waals surface area contributed by atoms with Crippen LogP contribution in [0.15, 0.2) is 24.3 Å². The van der Waals surface area contributed by atoms with Gasteiger partial charge in [-0.05, 0) is 36.5 Å². The first-order chi connectivity index (χ1) is 8.01. The lowest BCUT2D eigenvalue weighted by Crippen LogP contribution is -2.43. The molecule has 0 spiro atoms. The number of amides is 1. The molecule has 1 unspecified atom stereocenters. The third-order valence-electron chi connectivity index (χ3n) is 3.25. The van der Waals surface area contributed by atoms with Gasteiger partial charge in [0.2, 0.25) is 5.91 Å². The van der Waals surface area contributed by atoms with Gasteiger partial charge >= 0.3 is 0 Å². The molecule has 1 aromatic rings. The molecule has 1 aliphatic rings. The molecule has 0 aromatic heterocycles. The van der Waals surface area contributed by atoms with Crippen molar-refractivity contribution in [2.45, 2.75) is 31.2 Å². The highest BCUT2D eigenvalue weighted by atomic mass is 35.5. The highest BCUT2D eigenvalue weighted by molar-refractivity contribution is 5.89. The maximum Gasteiger partial charge on any atom is 0.240 e. The Morgan fingerprint density at radius 3 is 2.50 bits per heavy atom. The summed E-state index contributed by atoms with van der Waals surface area (Å²) in [5.74, 6) is -0.169. The Hall–Kier alpha value is -1.13. The van der Waals surface area contributed by atoms with Crippen molar-refractivity contribution in [1.82, 2.24) is 5.32 Å². The van der Waals surface area contributed by atoms with E-state index in [1.54, 1.807) is 12.1 Å². The first-order valence-electron chi connectivity index (χ1n) is 5.84. The zero-order chi connectivity index (χ0) is 12.5. The Kier molecular flexibility index (Phi) is 4.71. The van der Waals surface area contributed by atoms with Gasteiger partial charge in [0, 0.05) is 6.54 Å². The molecule has 1 aliphatic carbocycles. The van der Waals surface area contributed by atoms with E-state index in [0.717, 1.165) is 18.4 Å². The summed E-state index contributed by atoms with van der Waals surface area (Å²) in [6.07, 6.45) is 1.54. The van der Waals surface area contributed by atoms with Crippen LogP contribution in [0.25, 0.3) is 0 Å². The third kappa shape index (κ3) is 3.43. The molecule has 18 heavy (non-hydrogen) atoms. The Balaban J connectivity index is 0.00000162. The standard InChI is InChI=1S/C13H17FN2O.ClH/c1-9(10-2-4-11(14)5-3-10)8-16-12(17)13(15)6-7-13;/h2-5,9H,6-8,15H2,1H3,(H,16,17);1H. The number of benzene rings is 1. The maximum absolute atomic E-state index is 12.7. The van der Waals surface area contributed by atoms with Gasteiger partial charge in [0.1, 0.15) is 5.82 Å². The molecule has 3 N–H and O–H groups in total. The molecule has 5 heteroatoms. The van der Waals surface area contributed by atoms with Gasteiger partial charge in [-0.3, -0.25) is 4.79 Å². The van der Waals surface area contributed by atoms with E-state index in [1.807, 2.05) is 6.92 Å². The molecule has 3 nitrogen and oxygen atoms in total. The van der Waals surface area contributed by atoms with Crippen LogP contribution >= 0.6 is 12.4 Å². The highest BCUT2D eigenvalue weighted by Crippen LogP contribution is 2.32. The monoisotopic (exact) mass is 272 g/mol. The molecule has 0 radical (unpaired) electrons. The van der Waals surface area contributed by atoms with Crippen molar-refractivity contribution >= 4 is 18.3 Å². The molecule has 1 aromatic carbocycles. The summed E-state index contributed by atoms with van der Waals surface area (Å²) in [5.41, 5.74) is 6.16. The minimum Gasteiger partial charge on any atom is -0.354 e. The Morgan fingerprint density at radius 2 is 2.00 bits per heavy atom. The van der Waals surface area contributed by atoms with Crippen LogP contribution in [0.2, 0.25) is 0 Å². The lowest BCUT2D eigenvalue weighted by molar-refractivity contribution is -0.123. The largest absolute Gasteiger partial charge is 0.354 e. The van der Waals surface area contributed by atoms with Gasteiger partial charge in [-0.2, -0.15) is 0 Å². The van der Waals surface area contributed by atoms with Crippen LogP contribution in [0.3, 0.4) is 0 Å². The molecule has 0 saturated heterocycles. The van der Waals surface area contributed by atoms with E-state index in [9.17, 15) is 9.18 Å². The van der Waals surface area contributed by atoms with Crippen molar-refractivity contribution in [2.24, 2.45) is 5.73 Å². The first kappa shape index (κ1) is 14.9. The molecule has 2 rings (SSSR count). The lowest BCUT2D eigenvalue weighted by Gasteiger charge is -2.15. The molecule has 0 aliphatic heterocycles. The lowest BCUT2D eigenvalue weighted by atomic mass is 10.0. The number of carbonyl (C=O) groups is 1. The number of nitrogens with two attached hydrogens (primary N) is 1. The fourth-order valence-electron chi connectivity index (χ4n) is 1.69. The highest BCUT2D eigenvalue weighted by Gasteiger charge is 2.45. The maximum atomic E-state index is 12.7. The number of halogens is 2. The molecule has 100 valence electrons. The Bertz CT molecular complexity index is 418. The number of nitrogens with one attached hydrogen (secondary N) is 1. The molecule has 0 bridgehead atoms. The van der Waals surface area contributed by atoms with Crippen molar-refractivity contribution in [1.29, 1.82) is 0 Å². The van der Waals surface area contributed by atoms with Crippen molar-refractivity contribution in [3.8, 4) is 0 Å². The van der Waals surface area contributed by atoms with Crippen LogP contribution in [-0.4, -0.2) is 18.0 Å². The van der Waals surface area contributed by atoms with Gasteiger partial charge in [0.25, 0.3) is 0 Å². The van der Waals surface area contributed by atoms with Crippen LogP contribution in [0, 0.1) is 5.82 Å². The first-order valence-corrected chi connectivity index (χ1v) is 5.84. The predicted octanol–water partition coefficient (Wildman–Crippen LogP) is 1.96. The number of rotatable bonds is 4. The predicted molar refractivity (Wildman–Crippen MR) is 71.2 cm³/mol. The average molecular weight is 273 g/mol. The minimum atomic E-state index is -0.623. The van der Waals surface area contributed by atoms with Gasteiger partial charge in [-0.15, -0.1) is 12.4 Å². The van der Waals surface area contributed by atoms with Gasteiger partial charge in [-0.1, -0.05) is 19.1 Å². The minimum absolute atomic E-state index is 0. The molecule has 1 fully saturated rings. The fourth-order valence-corrected chi connectivity index (χ4v) is 1.69. The quantitative estimate of drug-likeness (QED) is 0.880. The van der Waals surface area contributed by atoms with Crippen LogP contribution in [0.5, 0.6) is 0 Å². The van der Waals surface area contributed by atoms with Crippen molar-refractivity contribution in [2.75, 3.05) is 6.54 Å². The topological polar surface area (TPSA) is 55.1 Å². The smallest absolute Gasteiger partial charge is 0.240 e. The molecule has 1 atom stereocenters. The molecular weight excluding hydrogens is 255 g/mol. The van der Waals surface area contributed by atoms with Crippen LogP contribution < -0.4 is 11.1 Å². The number of carbonyl (C=O) groups excluding carboxylic acids is 1. The second kappa shape index (κ2) is 5.67. The van der Waals surface area contributed by atoms with E-state index in [-0.39, 0.29) is 30.0 Å². The summed E-state index contributed by atoms with van der Waals surface area (Å²) >= 11 is 0. The fraction of sp³-hybridized carbons (Fsp3) is 0.462. The van der Waals surface area contributed by atoms with E-state index in [0.29, 0.717) is 6.54 Å². The zero-order valence-electron chi connectivity index (χ0n) is 10.3.